The second-order valence-corrected chi connectivity index (χ2v) is 3.93. The van der Waals surface area contributed by atoms with Gasteiger partial charge < -0.3 is 9.47 Å². The maximum absolute atomic E-state index is 5.68. The van der Waals surface area contributed by atoms with Gasteiger partial charge in [0, 0.05) is 0 Å². The number of methoxy groups -OCH3 is 1. The van der Waals surface area contributed by atoms with Gasteiger partial charge in [0.05, 0.1) is 7.11 Å². The molecule has 0 fully saturated rings. The minimum absolute atomic E-state index is 0.0590. The van der Waals surface area contributed by atoms with E-state index in [2.05, 4.69) is 15.0 Å². The van der Waals surface area contributed by atoms with Crippen molar-refractivity contribution in [3.63, 3.8) is 0 Å². The number of rotatable bonds is 4. The Hall–Kier alpha value is -1.10. The second-order valence-electron chi connectivity index (χ2n) is 3.59. The van der Waals surface area contributed by atoms with Gasteiger partial charge in [0.1, 0.15) is 5.60 Å². The van der Waals surface area contributed by atoms with Crippen molar-refractivity contribution in [2.45, 2.75) is 32.8 Å². The zero-order chi connectivity index (χ0) is 11.5. The van der Waals surface area contributed by atoms with E-state index >= 15 is 0 Å². The van der Waals surface area contributed by atoms with Gasteiger partial charge in [-0.3, -0.25) is 0 Å². The summed E-state index contributed by atoms with van der Waals surface area (Å²) >= 11 is 5.68. The summed E-state index contributed by atoms with van der Waals surface area (Å²) in [6.07, 6.45) is 0.832. The van der Waals surface area contributed by atoms with Gasteiger partial charge in [0.2, 0.25) is 5.28 Å². The highest BCUT2D eigenvalue weighted by atomic mass is 35.5. The minimum atomic E-state index is -0.338. The van der Waals surface area contributed by atoms with E-state index in [0.29, 0.717) is 0 Å². The van der Waals surface area contributed by atoms with Gasteiger partial charge in [-0.05, 0) is 31.9 Å². The molecule has 0 saturated carbocycles. The smallest absolute Gasteiger partial charge is 0.324 e. The molecular weight excluding hydrogens is 218 g/mol. The summed E-state index contributed by atoms with van der Waals surface area (Å²) in [6, 6.07) is 0.329. The molecule has 0 radical (unpaired) electrons. The highest BCUT2D eigenvalue weighted by Gasteiger charge is 2.19. The Labute approximate surface area is 93.8 Å². The fraction of sp³-hybridized carbons (Fsp3) is 0.667. The third kappa shape index (κ3) is 3.51. The van der Waals surface area contributed by atoms with E-state index in [1.54, 1.807) is 0 Å². The Morgan fingerprint density at radius 3 is 2.33 bits per heavy atom. The Morgan fingerprint density at radius 2 is 1.80 bits per heavy atom. The van der Waals surface area contributed by atoms with Crippen molar-refractivity contribution in [1.29, 1.82) is 0 Å². The zero-order valence-electron chi connectivity index (χ0n) is 9.24. The monoisotopic (exact) mass is 231 g/mol. The topological polar surface area (TPSA) is 57.1 Å². The van der Waals surface area contributed by atoms with Gasteiger partial charge in [-0.15, -0.1) is 4.98 Å². The third-order valence-electron chi connectivity index (χ3n) is 1.97. The lowest BCUT2D eigenvalue weighted by Crippen LogP contribution is -2.28. The van der Waals surface area contributed by atoms with Gasteiger partial charge in [-0.1, -0.05) is 6.92 Å². The summed E-state index contributed by atoms with van der Waals surface area (Å²) in [5.74, 6) is 0. The highest BCUT2D eigenvalue weighted by molar-refractivity contribution is 6.28. The van der Waals surface area contributed by atoms with Crippen LogP contribution < -0.4 is 9.47 Å². The summed E-state index contributed by atoms with van der Waals surface area (Å²) < 4.78 is 10.4. The van der Waals surface area contributed by atoms with Crippen LogP contribution >= 0.6 is 11.6 Å². The third-order valence-corrected chi connectivity index (χ3v) is 2.14. The van der Waals surface area contributed by atoms with E-state index in [4.69, 9.17) is 21.1 Å². The van der Waals surface area contributed by atoms with Crippen LogP contribution in [0.4, 0.5) is 0 Å². The number of halogens is 1. The van der Waals surface area contributed by atoms with Gasteiger partial charge in [-0.25, -0.2) is 0 Å². The molecule has 0 unspecified atom stereocenters. The maximum atomic E-state index is 5.68. The molecule has 15 heavy (non-hydrogen) atoms. The molecule has 0 bridgehead atoms. The van der Waals surface area contributed by atoms with E-state index in [9.17, 15) is 0 Å². The molecule has 0 aliphatic carbocycles. The summed E-state index contributed by atoms with van der Waals surface area (Å²) in [7, 11) is 1.46. The van der Waals surface area contributed by atoms with Gasteiger partial charge in [0.15, 0.2) is 0 Å². The lowest BCUT2D eigenvalue weighted by molar-refractivity contribution is 0.0908. The number of ether oxygens (including phenoxy) is 2. The van der Waals surface area contributed by atoms with E-state index in [1.807, 2.05) is 20.8 Å². The Balaban J connectivity index is 2.90. The van der Waals surface area contributed by atoms with E-state index in [0.717, 1.165) is 6.42 Å². The molecule has 5 nitrogen and oxygen atoms in total. The summed E-state index contributed by atoms with van der Waals surface area (Å²) in [6.45, 7) is 5.90. The van der Waals surface area contributed by atoms with E-state index in [1.165, 1.54) is 7.11 Å². The number of hydrogen-bond donors (Lipinski definition) is 0. The summed E-state index contributed by atoms with van der Waals surface area (Å²) in [4.78, 5) is 11.5. The molecule has 6 heteroatoms. The van der Waals surface area contributed by atoms with Gasteiger partial charge in [-0.2, -0.15) is 9.97 Å². The molecule has 0 saturated heterocycles. The van der Waals surface area contributed by atoms with Crippen LogP contribution in [0.1, 0.15) is 27.2 Å². The highest BCUT2D eigenvalue weighted by Crippen LogP contribution is 2.19. The van der Waals surface area contributed by atoms with Crippen molar-refractivity contribution < 1.29 is 9.47 Å². The zero-order valence-corrected chi connectivity index (χ0v) is 10.00. The Bertz CT molecular complexity index is 344. The first-order chi connectivity index (χ1) is 6.96. The standard InChI is InChI=1S/C9H14ClN3O2/c1-5-9(2,3)15-8-12-6(10)11-7(13-8)14-4/h5H2,1-4H3. The molecule has 1 aromatic rings. The Morgan fingerprint density at radius 1 is 1.20 bits per heavy atom. The van der Waals surface area contributed by atoms with Crippen molar-refractivity contribution in [2.24, 2.45) is 0 Å². The van der Waals surface area contributed by atoms with Crippen molar-refractivity contribution in [3.05, 3.63) is 5.28 Å². The average Bonchev–Trinajstić information content (AvgIpc) is 2.16. The molecule has 1 heterocycles. The molecule has 0 atom stereocenters. The van der Waals surface area contributed by atoms with Crippen LogP contribution in [-0.4, -0.2) is 27.7 Å². The van der Waals surface area contributed by atoms with Gasteiger partial charge >= 0.3 is 12.0 Å². The fourth-order valence-corrected chi connectivity index (χ4v) is 0.915. The first-order valence-electron chi connectivity index (χ1n) is 4.61. The van der Waals surface area contributed by atoms with Crippen LogP contribution in [0.3, 0.4) is 0 Å². The van der Waals surface area contributed by atoms with Crippen LogP contribution in [0, 0.1) is 0 Å². The molecule has 0 spiro atoms. The van der Waals surface area contributed by atoms with E-state index in [-0.39, 0.29) is 22.9 Å². The largest absolute Gasteiger partial charge is 0.467 e. The molecule has 0 aliphatic heterocycles. The molecule has 84 valence electrons. The van der Waals surface area contributed by atoms with E-state index < -0.39 is 0 Å². The normalized spacial score (nSPS) is 11.3. The molecule has 0 N–H and O–H groups in total. The number of nitrogens with zero attached hydrogens (tertiary/aromatic N) is 3. The van der Waals surface area contributed by atoms with Crippen LogP contribution in [0.5, 0.6) is 12.0 Å². The van der Waals surface area contributed by atoms with Crippen LogP contribution in [0.15, 0.2) is 0 Å². The number of aromatic nitrogens is 3. The SMILES string of the molecule is CCC(C)(C)Oc1nc(Cl)nc(OC)n1. The lowest BCUT2D eigenvalue weighted by Gasteiger charge is -2.22. The maximum Gasteiger partial charge on any atom is 0.324 e. The summed E-state index contributed by atoms with van der Waals surface area (Å²) in [5, 5.41) is 0.0590. The average molecular weight is 232 g/mol. The van der Waals surface area contributed by atoms with Crippen molar-refractivity contribution >= 4 is 11.6 Å². The van der Waals surface area contributed by atoms with Gasteiger partial charge in [0.25, 0.3) is 0 Å². The minimum Gasteiger partial charge on any atom is -0.467 e. The molecule has 1 aromatic heterocycles. The summed E-state index contributed by atoms with van der Waals surface area (Å²) in [5.41, 5.74) is -0.338. The lowest BCUT2D eigenvalue weighted by atomic mass is 10.1. The van der Waals surface area contributed by atoms with Crippen molar-refractivity contribution in [3.8, 4) is 12.0 Å². The molecule has 1 rings (SSSR count). The first-order valence-corrected chi connectivity index (χ1v) is 4.99. The molecule has 0 aliphatic rings. The van der Waals surface area contributed by atoms with Crippen LogP contribution in [0.2, 0.25) is 5.28 Å². The fourth-order valence-electron chi connectivity index (χ4n) is 0.771. The number of hydrogen-bond acceptors (Lipinski definition) is 5. The first kappa shape index (κ1) is 12.0. The molecular formula is C9H14ClN3O2. The van der Waals surface area contributed by atoms with Crippen molar-refractivity contribution in [2.75, 3.05) is 7.11 Å². The quantitative estimate of drug-likeness (QED) is 0.794. The predicted octanol–water partition coefficient (Wildman–Crippen LogP) is 2.10. The Kier molecular flexibility index (Phi) is 3.68. The molecule has 0 aromatic carbocycles. The van der Waals surface area contributed by atoms with Crippen LogP contribution in [-0.2, 0) is 0 Å². The molecule has 0 amide bonds. The second kappa shape index (κ2) is 4.61. The predicted molar refractivity (Wildman–Crippen MR) is 56.4 cm³/mol. The van der Waals surface area contributed by atoms with Crippen LogP contribution in [0.25, 0.3) is 0 Å². The van der Waals surface area contributed by atoms with Crippen molar-refractivity contribution in [1.82, 2.24) is 15.0 Å².